The minimum atomic E-state index is -0.195. The van der Waals surface area contributed by atoms with E-state index in [0.29, 0.717) is 0 Å². The Morgan fingerprint density at radius 2 is 2.00 bits per heavy atom. The van der Waals surface area contributed by atoms with Gasteiger partial charge in [0.1, 0.15) is 0 Å². The van der Waals surface area contributed by atoms with Crippen molar-refractivity contribution >= 4 is 34.4 Å². The van der Waals surface area contributed by atoms with Gasteiger partial charge in [-0.2, -0.15) is 0 Å². The zero-order valence-corrected chi connectivity index (χ0v) is 14.5. The van der Waals surface area contributed by atoms with Crippen LogP contribution in [0.15, 0.2) is 53.7 Å². The number of thioether (sulfide) groups is 1. The summed E-state index contributed by atoms with van der Waals surface area (Å²) in [5.74, 6) is 0.137. The zero-order valence-electron chi connectivity index (χ0n) is 13.7. The number of hydrogen-bond donors (Lipinski definition) is 1. The monoisotopic (exact) mass is 337 g/mol. The number of rotatable bonds is 3. The van der Waals surface area contributed by atoms with E-state index in [4.69, 9.17) is 0 Å². The molecule has 0 unspecified atom stereocenters. The van der Waals surface area contributed by atoms with Crippen LogP contribution in [0.25, 0.3) is 11.0 Å². The molecule has 4 nitrogen and oxygen atoms in total. The maximum Gasteiger partial charge on any atom is 0.240 e. The number of hydrogen-bond acceptors (Lipinski definition) is 3. The van der Waals surface area contributed by atoms with Crippen molar-refractivity contribution in [1.29, 1.82) is 0 Å². The number of benzene rings is 2. The number of nitrogens with one attached hydrogen (secondary N) is 1. The predicted molar refractivity (Wildman–Crippen MR) is 98.5 cm³/mol. The van der Waals surface area contributed by atoms with Crippen LogP contribution in [0, 0.1) is 0 Å². The highest BCUT2D eigenvalue weighted by Crippen LogP contribution is 2.34. The Kier molecular flexibility index (Phi) is 3.81. The molecule has 4 rings (SSSR count). The molecule has 0 fully saturated rings. The molecule has 0 aliphatic carbocycles. The molecule has 3 aromatic rings. The molecule has 2 aromatic carbocycles. The van der Waals surface area contributed by atoms with E-state index < -0.39 is 0 Å². The molecule has 0 bridgehead atoms. The first-order valence-corrected chi connectivity index (χ1v) is 9.04. The standard InChI is InChI=1S/C19H19N3OS/c1-12-11-14-7-3-6-10-17(14)22(12)18(23)13(2)24-19-20-15-8-4-5-9-16(15)21-19/h3-10,12-13H,11H2,1-2H3,(H,20,21)/t12-,13-/m1/s1. The highest BCUT2D eigenvalue weighted by molar-refractivity contribution is 8.00. The van der Waals surface area contributed by atoms with Crippen LogP contribution in [0.2, 0.25) is 0 Å². The quantitative estimate of drug-likeness (QED) is 0.734. The van der Waals surface area contributed by atoms with Crippen molar-refractivity contribution in [3.05, 3.63) is 54.1 Å². The summed E-state index contributed by atoms with van der Waals surface area (Å²) >= 11 is 1.48. The number of aromatic nitrogens is 2. The SMILES string of the molecule is C[C@@H]1Cc2ccccc2N1C(=O)[C@@H](C)Sc1nc2ccccc2[nH]1. The number of imidazole rings is 1. The summed E-state index contributed by atoms with van der Waals surface area (Å²) in [4.78, 5) is 22.8. The van der Waals surface area contributed by atoms with Gasteiger partial charge in [-0.25, -0.2) is 4.98 Å². The molecule has 0 spiro atoms. The van der Waals surface area contributed by atoms with Gasteiger partial charge in [0.2, 0.25) is 5.91 Å². The maximum absolute atomic E-state index is 13.0. The Balaban J connectivity index is 1.56. The number of nitrogens with zero attached hydrogens (tertiary/aromatic N) is 2. The van der Waals surface area contributed by atoms with Gasteiger partial charge in [-0.3, -0.25) is 4.79 Å². The normalized spacial score (nSPS) is 17.9. The molecule has 5 heteroatoms. The van der Waals surface area contributed by atoms with E-state index in [9.17, 15) is 4.79 Å². The van der Waals surface area contributed by atoms with Crippen molar-refractivity contribution in [2.75, 3.05) is 4.90 Å². The van der Waals surface area contributed by atoms with Crippen molar-refractivity contribution in [3.8, 4) is 0 Å². The second kappa shape index (κ2) is 5.98. The van der Waals surface area contributed by atoms with E-state index in [0.717, 1.165) is 28.3 Å². The molecule has 1 aliphatic heterocycles. The summed E-state index contributed by atoms with van der Waals surface area (Å²) in [6, 6.07) is 16.3. The first-order valence-electron chi connectivity index (χ1n) is 8.16. The Morgan fingerprint density at radius 1 is 1.25 bits per heavy atom. The lowest BCUT2D eigenvalue weighted by Gasteiger charge is -2.25. The van der Waals surface area contributed by atoms with Gasteiger partial charge in [-0.15, -0.1) is 0 Å². The highest BCUT2D eigenvalue weighted by atomic mass is 32.2. The fourth-order valence-electron chi connectivity index (χ4n) is 3.30. The third kappa shape index (κ3) is 2.59. The molecule has 1 N–H and O–H groups in total. The van der Waals surface area contributed by atoms with Crippen molar-refractivity contribution < 1.29 is 4.79 Å². The van der Waals surface area contributed by atoms with Gasteiger partial charge in [0.05, 0.1) is 16.3 Å². The molecule has 122 valence electrons. The van der Waals surface area contributed by atoms with Gasteiger partial charge >= 0.3 is 0 Å². The molecule has 2 atom stereocenters. The van der Waals surface area contributed by atoms with Crippen LogP contribution in [-0.2, 0) is 11.2 Å². The summed E-state index contributed by atoms with van der Waals surface area (Å²) in [5.41, 5.74) is 4.23. The highest BCUT2D eigenvalue weighted by Gasteiger charge is 2.33. The molecule has 0 radical (unpaired) electrons. The Morgan fingerprint density at radius 3 is 2.83 bits per heavy atom. The van der Waals surface area contributed by atoms with Gasteiger partial charge in [-0.05, 0) is 44.0 Å². The van der Waals surface area contributed by atoms with E-state index in [1.807, 2.05) is 54.3 Å². The van der Waals surface area contributed by atoms with Gasteiger partial charge in [0.15, 0.2) is 5.16 Å². The first-order chi connectivity index (χ1) is 11.6. The van der Waals surface area contributed by atoms with Gasteiger partial charge in [-0.1, -0.05) is 42.1 Å². The van der Waals surface area contributed by atoms with Crippen LogP contribution in [0.1, 0.15) is 19.4 Å². The van der Waals surface area contributed by atoms with Crippen molar-refractivity contribution in [2.45, 2.75) is 36.7 Å². The van der Waals surface area contributed by atoms with Gasteiger partial charge in [0, 0.05) is 11.7 Å². The number of fused-ring (bicyclic) bond motifs is 2. The van der Waals surface area contributed by atoms with Crippen LogP contribution in [0.4, 0.5) is 5.69 Å². The molecule has 0 saturated heterocycles. The summed E-state index contributed by atoms with van der Waals surface area (Å²) in [7, 11) is 0. The van der Waals surface area contributed by atoms with Crippen molar-refractivity contribution in [2.24, 2.45) is 0 Å². The topological polar surface area (TPSA) is 49.0 Å². The largest absolute Gasteiger partial charge is 0.333 e. The lowest BCUT2D eigenvalue weighted by Crippen LogP contribution is -2.40. The average Bonchev–Trinajstić information content (AvgIpc) is 3.13. The number of carbonyl (C=O) groups is 1. The second-order valence-corrected chi connectivity index (χ2v) is 7.54. The Hall–Kier alpha value is -2.27. The number of aromatic amines is 1. The Bertz CT molecular complexity index is 871. The maximum atomic E-state index is 13.0. The molecule has 2 heterocycles. The molecule has 1 aromatic heterocycles. The van der Waals surface area contributed by atoms with Crippen LogP contribution >= 0.6 is 11.8 Å². The molecule has 24 heavy (non-hydrogen) atoms. The van der Waals surface area contributed by atoms with Gasteiger partial charge < -0.3 is 9.88 Å². The zero-order chi connectivity index (χ0) is 16.7. The van der Waals surface area contributed by atoms with Crippen molar-refractivity contribution in [1.82, 2.24) is 9.97 Å². The van der Waals surface area contributed by atoms with Crippen LogP contribution in [-0.4, -0.2) is 27.2 Å². The smallest absolute Gasteiger partial charge is 0.240 e. The Labute approximate surface area is 145 Å². The number of H-pyrrole nitrogens is 1. The van der Waals surface area contributed by atoms with E-state index in [2.05, 4.69) is 23.0 Å². The summed E-state index contributed by atoms with van der Waals surface area (Å²) in [6.45, 7) is 4.06. The van der Waals surface area contributed by atoms with Crippen LogP contribution in [0.5, 0.6) is 0 Å². The lowest BCUT2D eigenvalue weighted by molar-refractivity contribution is -0.118. The second-order valence-electron chi connectivity index (χ2n) is 6.21. The minimum Gasteiger partial charge on any atom is -0.333 e. The van der Waals surface area contributed by atoms with E-state index in [-0.39, 0.29) is 17.2 Å². The minimum absolute atomic E-state index is 0.137. The fourth-order valence-corrected chi connectivity index (χ4v) is 4.17. The summed E-state index contributed by atoms with van der Waals surface area (Å²) < 4.78 is 0. The predicted octanol–water partition coefficient (Wildman–Crippen LogP) is 4.02. The van der Waals surface area contributed by atoms with Crippen LogP contribution in [0.3, 0.4) is 0 Å². The molecular weight excluding hydrogens is 318 g/mol. The third-order valence-electron chi connectivity index (χ3n) is 4.45. The summed E-state index contributed by atoms with van der Waals surface area (Å²) in [5, 5.41) is 0.594. The number of para-hydroxylation sites is 3. The first kappa shape index (κ1) is 15.3. The van der Waals surface area contributed by atoms with Crippen LogP contribution < -0.4 is 4.90 Å². The average molecular weight is 337 g/mol. The number of amides is 1. The summed E-state index contributed by atoms with van der Waals surface area (Å²) in [6.07, 6.45) is 0.921. The van der Waals surface area contributed by atoms with Crippen molar-refractivity contribution in [3.63, 3.8) is 0 Å². The van der Waals surface area contributed by atoms with E-state index in [1.165, 1.54) is 17.3 Å². The lowest BCUT2D eigenvalue weighted by atomic mass is 10.1. The number of anilines is 1. The number of carbonyl (C=O) groups excluding carboxylic acids is 1. The van der Waals surface area contributed by atoms with E-state index in [1.54, 1.807) is 0 Å². The fraction of sp³-hybridized carbons (Fsp3) is 0.263. The molecule has 1 amide bonds. The molecule has 0 saturated carbocycles. The third-order valence-corrected chi connectivity index (χ3v) is 5.42. The van der Waals surface area contributed by atoms with E-state index >= 15 is 0 Å². The molecular formula is C19H19N3OS. The molecule has 1 aliphatic rings. The van der Waals surface area contributed by atoms with Gasteiger partial charge in [0.25, 0.3) is 0 Å².